The van der Waals surface area contributed by atoms with Gasteiger partial charge in [0.2, 0.25) is 0 Å². The highest BCUT2D eigenvalue weighted by molar-refractivity contribution is 5.75. The number of aliphatic carboxylic acids is 1. The van der Waals surface area contributed by atoms with Crippen LogP contribution >= 0.6 is 0 Å². The topological polar surface area (TPSA) is 109 Å². The minimum absolute atomic E-state index is 0.169. The van der Waals surface area contributed by atoms with Crippen LogP contribution in [0, 0.1) is 16.0 Å². The number of aromatic amines is 1. The Bertz CT molecular complexity index is 399. The van der Waals surface area contributed by atoms with Gasteiger partial charge in [-0.25, -0.2) is 0 Å². The molecule has 2 rings (SSSR count). The lowest BCUT2D eigenvalue weighted by Gasteiger charge is -1.87. The molecule has 0 bridgehead atoms. The molecular weight excluding hydrogens is 190 g/mol. The Labute approximate surface area is 77.9 Å². The van der Waals surface area contributed by atoms with E-state index in [1.54, 1.807) is 0 Å². The Hall–Kier alpha value is -1.92. The maximum atomic E-state index is 10.5. The largest absolute Gasteiger partial charge is 0.481 e. The van der Waals surface area contributed by atoms with Gasteiger partial charge in [-0.3, -0.25) is 4.79 Å². The number of carboxylic acids is 1. The predicted octanol–water partition coefficient (Wildman–Crippen LogP) is 0.506. The number of nitrogens with zero attached hydrogens (tertiary/aromatic N) is 2. The van der Waals surface area contributed by atoms with Crippen molar-refractivity contribution in [3.63, 3.8) is 0 Å². The van der Waals surface area contributed by atoms with Crippen molar-refractivity contribution in [1.82, 2.24) is 10.2 Å². The molecule has 0 saturated heterocycles. The molecule has 14 heavy (non-hydrogen) atoms. The number of hydrogen-bond donors (Lipinski definition) is 2. The van der Waals surface area contributed by atoms with Crippen LogP contribution in [0.4, 0.5) is 5.82 Å². The monoisotopic (exact) mass is 197 g/mol. The van der Waals surface area contributed by atoms with Gasteiger partial charge in [-0.1, -0.05) is 5.10 Å². The average molecular weight is 197 g/mol. The van der Waals surface area contributed by atoms with Crippen LogP contribution in [0.5, 0.6) is 0 Å². The summed E-state index contributed by atoms with van der Waals surface area (Å²) < 4.78 is 0. The Morgan fingerprint density at radius 1 is 1.79 bits per heavy atom. The molecule has 1 aliphatic carbocycles. The summed E-state index contributed by atoms with van der Waals surface area (Å²) in [4.78, 5) is 20.2. The molecular formula is C7H7N3O4. The van der Waals surface area contributed by atoms with Gasteiger partial charge in [0.25, 0.3) is 0 Å². The smallest absolute Gasteiger partial charge is 0.342 e. The van der Waals surface area contributed by atoms with Crippen molar-refractivity contribution in [2.45, 2.75) is 12.3 Å². The van der Waals surface area contributed by atoms with Gasteiger partial charge in [0, 0.05) is 5.92 Å². The van der Waals surface area contributed by atoms with Gasteiger partial charge in [-0.05, 0) is 11.3 Å². The molecule has 0 amide bonds. The van der Waals surface area contributed by atoms with Crippen LogP contribution in [-0.4, -0.2) is 26.2 Å². The van der Waals surface area contributed by atoms with Crippen LogP contribution in [0.3, 0.4) is 0 Å². The lowest BCUT2D eigenvalue weighted by Crippen LogP contribution is -1.98. The van der Waals surface area contributed by atoms with Crippen molar-refractivity contribution < 1.29 is 14.8 Å². The number of hydrogen-bond acceptors (Lipinski definition) is 4. The molecule has 2 N–H and O–H groups in total. The molecule has 1 aromatic heterocycles. The Morgan fingerprint density at radius 3 is 2.93 bits per heavy atom. The zero-order chi connectivity index (χ0) is 10.3. The molecule has 0 radical (unpaired) electrons. The van der Waals surface area contributed by atoms with E-state index in [0.717, 1.165) is 0 Å². The van der Waals surface area contributed by atoms with E-state index in [1.807, 2.05) is 0 Å². The van der Waals surface area contributed by atoms with E-state index in [2.05, 4.69) is 10.2 Å². The van der Waals surface area contributed by atoms with Crippen LogP contribution in [0.25, 0.3) is 0 Å². The van der Waals surface area contributed by atoms with E-state index < -0.39 is 16.8 Å². The van der Waals surface area contributed by atoms with Crippen LogP contribution in [-0.2, 0) is 4.79 Å². The first-order valence-electron chi connectivity index (χ1n) is 4.02. The highest BCUT2D eigenvalue weighted by Gasteiger charge is 2.46. The lowest BCUT2D eigenvalue weighted by molar-refractivity contribution is -0.389. The lowest BCUT2D eigenvalue weighted by atomic mass is 10.2. The van der Waals surface area contributed by atoms with Gasteiger partial charge in [0.05, 0.1) is 17.7 Å². The number of aromatic nitrogens is 2. The van der Waals surface area contributed by atoms with Gasteiger partial charge in [-0.15, -0.1) is 5.10 Å². The zero-order valence-corrected chi connectivity index (χ0v) is 7.01. The van der Waals surface area contributed by atoms with Crippen molar-refractivity contribution in [3.8, 4) is 0 Å². The second-order valence-corrected chi connectivity index (χ2v) is 3.22. The van der Waals surface area contributed by atoms with Crippen LogP contribution in [0.2, 0.25) is 0 Å². The standard InChI is InChI=1S/C7H7N3O4/c11-7(12)4-1-3(4)5-2-6(9-8-5)10(13)14/h2-4H,1H2,(H,8,9)(H,11,12). The molecule has 0 spiro atoms. The summed E-state index contributed by atoms with van der Waals surface area (Å²) in [5.74, 6) is -1.67. The highest BCUT2D eigenvalue weighted by Crippen LogP contribution is 2.47. The fourth-order valence-corrected chi connectivity index (χ4v) is 1.40. The molecule has 2 atom stereocenters. The maximum Gasteiger partial charge on any atom is 0.342 e. The zero-order valence-electron chi connectivity index (χ0n) is 7.01. The molecule has 0 aromatic carbocycles. The van der Waals surface area contributed by atoms with E-state index in [-0.39, 0.29) is 11.7 Å². The van der Waals surface area contributed by atoms with Gasteiger partial charge < -0.3 is 15.2 Å². The number of nitro groups is 1. The Kier molecular flexibility index (Phi) is 1.73. The number of carboxylic acid groups (broad SMARTS) is 1. The Morgan fingerprint density at radius 2 is 2.50 bits per heavy atom. The average Bonchev–Trinajstić information content (AvgIpc) is 2.76. The van der Waals surface area contributed by atoms with Crippen molar-refractivity contribution in [1.29, 1.82) is 0 Å². The summed E-state index contributed by atoms with van der Waals surface area (Å²) in [6, 6.07) is 1.29. The van der Waals surface area contributed by atoms with Crippen molar-refractivity contribution in [3.05, 3.63) is 21.9 Å². The second kappa shape index (κ2) is 2.79. The first kappa shape index (κ1) is 8.67. The highest BCUT2D eigenvalue weighted by atomic mass is 16.6. The van der Waals surface area contributed by atoms with Crippen LogP contribution in [0.1, 0.15) is 18.0 Å². The van der Waals surface area contributed by atoms with Gasteiger partial charge in [0.1, 0.15) is 0 Å². The molecule has 2 unspecified atom stereocenters. The molecule has 1 aromatic rings. The van der Waals surface area contributed by atoms with Crippen LogP contribution in [0.15, 0.2) is 6.07 Å². The number of H-pyrrole nitrogens is 1. The molecule has 7 heteroatoms. The number of rotatable bonds is 3. The molecule has 1 aliphatic rings. The normalized spacial score (nSPS) is 24.6. The molecule has 1 heterocycles. The van der Waals surface area contributed by atoms with Crippen molar-refractivity contribution >= 4 is 11.8 Å². The minimum atomic E-state index is -0.874. The van der Waals surface area contributed by atoms with Crippen molar-refractivity contribution in [2.75, 3.05) is 0 Å². The first-order valence-corrected chi connectivity index (χ1v) is 4.02. The molecule has 1 fully saturated rings. The van der Waals surface area contributed by atoms with Gasteiger partial charge >= 0.3 is 11.8 Å². The van der Waals surface area contributed by atoms with Gasteiger partial charge in [0.15, 0.2) is 0 Å². The predicted molar refractivity (Wildman–Crippen MR) is 43.7 cm³/mol. The minimum Gasteiger partial charge on any atom is -0.481 e. The number of carbonyl (C=O) groups is 1. The number of nitrogens with one attached hydrogen (secondary N) is 1. The SMILES string of the molecule is O=C(O)C1CC1c1cc([N+](=O)[O-])[nH]n1. The van der Waals surface area contributed by atoms with E-state index in [1.165, 1.54) is 6.07 Å². The summed E-state index contributed by atoms with van der Waals surface area (Å²) in [6.07, 6.45) is 0.511. The summed E-state index contributed by atoms with van der Waals surface area (Å²) in [7, 11) is 0. The first-order chi connectivity index (χ1) is 6.59. The second-order valence-electron chi connectivity index (χ2n) is 3.22. The third-order valence-electron chi connectivity index (χ3n) is 2.27. The summed E-state index contributed by atoms with van der Waals surface area (Å²) in [5, 5.41) is 24.9. The van der Waals surface area contributed by atoms with Gasteiger partial charge in [-0.2, -0.15) is 0 Å². The third kappa shape index (κ3) is 1.32. The summed E-state index contributed by atoms with van der Waals surface area (Å²) in [6.45, 7) is 0. The van der Waals surface area contributed by atoms with E-state index in [0.29, 0.717) is 12.1 Å². The quantitative estimate of drug-likeness (QED) is 0.541. The molecule has 7 nitrogen and oxygen atoms in total. The molecule has 74 valence electrons. The third-order valence-corrected chi connectivity index (χ3v) is 2.27. The van der Waals surface area contributed by atoms with Crippen molar-refractivity contribution in [2.24, 2.45) is 5.92 Å². The fraction of sp³-hybridized carbons (Fsp3) is 0.429. The van der Waals surface area contributed by atoms with E-state index >= 15 is 0 Å². The van der Waals surface area contributed by atoms with Crippen LogP contribution < -0.4 is 0 Å². The molecule has 1 saturated carbocycles. The van der Waals surface area contributed by atoms with E-state index in [4.69, 9.17) is 5.11 Å². The summed E-state index contributed by atoms with van der Waals surface area (Å²) >= 11 is 0. The molecule has 0 aliphatic heterocycles. The Balaban J connectivity index is 2.12. The maximum absolute atomic E-state index is 10.5. The van der Waals surface area contributed by atoms with E-state index in [9.17, 15) is 14.9 Å². The fourth-order valence-electron chi connectivity index (χ4n) is 1.40. The summed E-state index contributed by atoms with van der Waals surface area (Å²) in [5.41, 5.74) is 0.462.